The van der Waals surface area contributed by atoms with Crippen LogP contribution in [0.3, 0.4) is 0 Å². The second-order valence-electron chi connectivity index (χ2n) is 2.94. The van der Waals surface area contributed by atoms with Crippen LogP contribution in [0, 0.1) is 0 Å². The van der Waals surface area contributed by atoms with E-state index in [1.807, 2.05) is 0 Å². The molecule has 0 spiro atoms. The van der Waals surface area contributed by atoms with Crippen molar-refractivity contribution in [3.8, 4) is 0 Å². The summed E-state index contributed by atoms with van der Waals surface area (Å²) in [6, 6.07) is 1.59. The topological polar surface area (TPSA) is 78.4 Å². The van der Waals surface area contributed by atoms with Crippen molar-refractivity contribution >= 4 is 11.6 Å². The molecular formula is C10H12N2O4. The molecule has 6 heteroatoms. The molecule has 16 heavy (non-hydrogen) atoms. The van der Waals surface area contributed by atoms with Gasteiger partial charge in [-0.05, 0) is 6.07 Å². The molecule has 1 aromatic rings. The second kappa shape index (κ2) is 6.04. The number of nitrogens with zero attached hydrogens (tertiary/aromatic N) is 2. The van der Waals surface area contributed by atoms with E-state index in [0.717, 1.165) is 0 Å². The van der Waals surface area contributed by atoms with Crippen LogP contribution in [0.25, 0.3) is 0 Å². The highest BCUT2D eigenvalue weighted by Gasteiger charge is 2.21. The van der Waals surface area contributed by atoms with Crippen LogP contribution in [0.1, 0.15) is 17.0 Å². The number of ketones is 2. The first-order valence-corrected chi connectivity index (χ1v) is 4.57. The van der Waals surface area contributed by atoms with Gasteiger partial charge in [0.25, 0.3) is 0 Å². The van der Waals surface area contributed by atoms with E-state index in [4.69, 9.17) is 9.47 Å². The Labute approximate surface area is 92.6 Å². The maximum Gasteiger partial charge on any atom is 0.217 e. The molecule has 1 heterocycles. The molecule has 0 fully saturated rings. The fraction of sp³-hybridized carbons (Fsp3) is 0.400. The second-order valence-corrected chi connectivity index (χ2v) is 2.94. The van der Waals surface area contributed by atoms with Gasteiger partial charge in [-0.25, -0.2) is 9.97 Å². The number of carbonyl (C=O) groups is 2. The summed E-state index contributed by atoms with van der Waals surface area (Å²) in [7, 11) is 2.66. The minimum absolute atomic E-state index is 0.0156. The van der Waals surface area contributed by atoms with E-state index < -0.39 is 17.9 Å². The van der Waals surface area contributed by atoms with Crippen molar-refractivity contribution < 1.29 is 19.1 Å². The number of aromatic nitrogens is 2. The van der Waals surface area contributed by atoms with E-state index in [0.29, 0.717) is 0 Å². The predicted molar refractivity (Wildman–Crippen MR) is 53.8 cm³/mol. The zero-order valence-corrected chi connectivity index (χ0v) is 9.04. The minimum Gasteiger partial charge on any atom is -0.349 e. The number of carbonyl (C=O) groups excluding carboxylic acids is 2. The molecule has 0 radical (unpaired) electrons. The van der Waals surface area contributed by atoms with Crippen molar-refractivity contribution in [2.24, 2.45) is 0 Å². The Morgan fingerprint density at radius 3 is 2.31 bits per heavy atom. The van der Waals surface area contributed by atoms with E-state index in [1.165, 1.54) is 26.6 Å². The lowest BCUT2D eigenvalue weighted by molar-refractivity contribution is -0.155. The molecular weight excluding hydrogens is 212 g/mol. The lowest BCUT2D eigenvalue weighted by Crippen LogP contribution is -2.27. The Balaban J connectivity index is 2.62. The molecule has 1 aromatic heterocycles. The van der Waals surface area contributed by atoms with Gasteiger partial charge in [-0.3, -0.25) is 9.59 Å². The SMILES string of the molecule is COC(OC)C(=O)CC(=O)c1ncccn1. The Kier molecular flexibility index (Phi) is 4.68. The first-order chi connectivity index (χ1) is 7.69. The van der Waals surface area contributed by atoms with Gasteiger partial charge in [-0.15, -0.1) is 0 Å². The van der Waals surface area contributed by atoms with Crippen molar-refractivity contribution in [3.63, 3.8) is 0 Å². The highest BCUT2D eigenvalue weighted by molar-refractivity contribution is 6.06. The summed E-state index contributed by atoms with van der Waals surface area (Å²) in [5.74, 6) is -0.894. The number of Topliss-reactive ketones (excluding diaryl/α,β-unsaturated/α-hetero) is 2. The maximum atomic E-state index is 11.5. The smallest absolute Gasteiger partial charge is 0.217 e. The van der Waals surface area contributed by atoms with E-state index in [9.17, 15) is 9.59 Å². The average Bonchev–Trinajstić information content (AvgIpc) is 2.31. The van der Waals surface area contributed by atoms with Crippen molar-refractivity contribution in [2.45, 2.75) is 12.7 Å². The quantitative estimate of drug-likeness (QED) is 0.391. The van der Waals surface area contributed by atoms with Gasteiger partial charge in [0.05, 0.1) is 6.42 Å². The Hall–Kier alpha value is -1.66. The molecule has 0 aromatic carbocycles. The summed E-state index contributed by atoms with van der Waals surface area (Å²) in [5.41, 5.74) is 0. The van der Waals surface area contributed by atoms with Gasteiger partial charge in [0.1, 0.15) is 0 Å². The molecule has 0 atom stereocenters. The molecule has 86 valence electrons. The van der Waals surface area contributed by atoms with Gasteiger partial charge >= 0.3 is 0 Å². The van der Waals surface area contributed by atoms with Gasteiger partial charge in [-0.1, -0.05) is 0 Å². The van der Waals surface area contributed by atoms with Crippen LogP contribution in [0.15, 0.2) is 18.5 Å². The van der Waals surface area contributed by atoms with Gasteiger partial charge in [0, 0.05) is 26.6 Å². The highest BCUT2D eigenvalue weighted by Crippen LogP contribution is 2.02. The van der Waals surface area contributed by atoms with Crippen molar-refractivity contribution in [3.05, 3.63) is 24.3 Å². The number of hydrogen-bond acceptors (Lipinski definition) is 6. The maximum absolute atomic E-state index is 11.5. The minimum atomic E-state index is -1.02. The van der Waals surface area contributed by atoms with Gasteiger partial charge in [0.15, 0.2) is 11.6 Å². The summed E-state index contributed by atoms with van der Waals surface area (Å²) in [5, 5.41) is 0. The lowest BCUT2D eigenvalue weighted by Gasteiger charge is -2.10. The molecule has 6 nitrogen and oxygen atoms in total. The van der Waals surface area contributed by atoms with Crippen LogP contribution in [0.2, 0.25) is 0 Å². The molecule has 0 aliphatic carbocycles. The van der Waals surface area contributed by atoms with E-state index in [1.54, 1.807) is 6.07 Å². The molecule has 1 rings (SSSR count). The van der Waals surface area contributed by atoms with Crippen LogP contribution in [0.5, 0.6) is 0 Å². The van der Waals surface area contributed by atoms with Crippen LogP contribution in [-0.2, 0) is 14.3 Å². The Morgan fingerprint density at radius 1 is 1.25 bits per heavy atom. The third kappa shape index (κ3) is 3.18. The van der Waals surface area contributed by atoms with Gasteiger partial charge in [-0.2, -0.15) is 0 Å². The van der Waals surface area contributed by atoms with Gasteiger partial charge < -0.3 is 9.47 Å². The molecule has 0 N–H and O–H groups in total. The van der Waals surface area contributed by atoms with E-state index in [2.05, 4.69) is 9.97 Å². The van der Waals surface area contributed by atoms with Crippen LogP contribution < -0.4 is 0 Å². The summed E-state index contributed by atoms with van der Waals surface area (Å²) in [6.07, 6.45) is 1.52. The number of hydrogen-bond donors (Lipinski definition) is 0. The molecule has 0 aliphatic heterocycles. The van der Waals surface area contributed by atoms with Crippen molar-refractivity contribution in [2.75, 3.05) is 14.2 Å². The lowest BCUT2D eigenvalue weighted by atomic mass is 10.2. The summed E-state index contributed by atoms with van der Waals surface area (Å²) < 4.78 is 9.47. The summed E-state index contributed by atoms with van der Waals surface area (Å²) in [6.45, 7) is 0. The predicted octanol–water partition coefficient (Wildman–Crippen LogP) is 0.237. The Bertz CT molecular complexity index is 362. The standard InChI is InChI=1S/C10H12N2O4/c1-15-10(16-2)8(14)6-7(13)9-11-4-3-5-12-9/h3-5,10H,6H2,1-2H3. The molecule has 0 saturated heterocycles. The first kappa shape index (κ1) is 12.4. The largest absolute Gasteiger partial charge is 0.349 e. The molecule has 0 bridgehead atoms. The highest BCUT2D eigenvalue weighted by atomic mass is 16.7. The van der Waals surface area contributed by atoms with E-state index in [-0.39, 0.29) is 12.2 Å². The monoisotopic (exact) mass is 224 g/mol. The third-order valence-corrected chi connectivity index (χ3v) is 1.84. The fourth-order valence-electron chi connectivity index (χ4n) is 1.12. The van der Waals surface area contributed by atoms with Crippen molar-refractivity contribution in [1.29, 1.82) is 0 Å². The average molecular weight is 224 g/mol. The molecule has 0 unspecified atom stereocenters. The number of ether oxygens (including phenoxy) is 2. The molecule has 0 amide bonds. The van der Waals surface area contributed by atoms with Crippen LogP contribution in [0.4, 0.5) is 0 Å². The zero-order valence-electron chi connectivity index (χ0n) is 9.04. The number of methoxy groups -OCH3 is 2. The summed E-state index contributed by atoms with van der Waals surface area (Å²) in [4.78, 5) is 30.5. The van der Waals surface area contributed by atoms with Crippen LogP contribution >= 0.6 is 0 Å². The van der Waals surface area contributed by atoms with Gasteiger partial charge in [0.2, 0.25) is 12.1 Å². The van der Waals surface area contributed by atoms with Crippen molar-refractivity contribution in [1.82, 2.24) is 9.97 Å². The molecule has 0 aliphatic rings. The fourth-order valence-corrected chi connectivity index (χ4v) is 1.12. The summed E-state index contributed by atoms with van der Waals surface area (Å²) >= 11 is 0. The Morgan fingerprint density at radius 2 is 1.81 bits per heavy atom. The third-order valence-electron chi connectivity index (χ3n) is 1.84. The molecule has 0 saturated carbocycles. The number of rotatable bonds is 6. The zero-order chi connectivity index (χ0) is 12.0. The normalized spacial score (nSPS) is 10.4. The van der Waals surface area contributed by atoms with Crippen LogP contribution in [-0.4, -0.2) is 42.0 Å². The first-order valence-electron chi connectivity index (χ1n) is 4.57. The van der Waals surface area contributed by atoms with E-state index >= 15 is 0 Å².